The molecule has 0 radical (unpaired) electrons. The summed E-state index contributed by atoms with van der Waals surface area (Å²) in [6.07, 6.45) is 1.47. The highest BCUT2D eigenvalue weighted by atomic mass is 32.2. The van der Waals surface area contributed by atoms with Crippen LogP contribution in [0.3, 0.4) is 0 Å². The third kappa shape index (κ3) is 1.69. The lowest BCUT2D eigenvalue weighted by atomic mass is 10.1. The fourth-order valence-electron chi connectivity index (χ4n) is 1.92. The van der Waals surface area contributed by atoms with Gasteiger partial charge < -0.3 is 14.8 Å². The lowest BCUT2D eigenvalue weighted by molar-refractivity contribution is 0.191. The van der Waals surface area contributed by atoms with Crippen molar-refractivity contribution in [3.8, 4) is 0 Å². The van der Waals surface area contributed by atoms with Crippen LogP contribution in [0, 0.1) is 6.92 Å². The fourth-order valence-corrected chi connectivity index (χ4v) is 2.72. The molecule has 0 bridgehead atoms. The van der Waals surface area contributed by atoms with Crippen molar-refractivity contribution in [2.75, 3.05) is 6.26 Å². The van der Waals surface area contributed by atoms with E-state index in [0.717, 1.165) is 21.8 Å². The summed E-state index contributed by atoms with van der Waals surface area (Å²) in [4.78, 5) is 0. The Morgan fingerprint density at radius 3 is 2.36 bits per heavy atom. The van der Waals surface area contributed by atoms with E-state index in [1.54, 1.807) is 18.7 Å². The van der Waals surface area contributed by atoms with Gasteiger partial charge in [0.2, 0.25) is 0 Å². The number of thioether (sulfide) groups is 1. The Morgan fingerprint density at radius 2 is 2.07 bits per heavy atom. The Hall–Kier alpha value is -0.450. The predicted molar refractivity (Wildman–Crippen MR) is 58.5 cm³/mol. The molecule has 0 aromatic carbocycles. The Kier molecular flexibility index (Phi) is 3.64. The van der Waals surface area contributed by atoms with Crippen LogP contribution < -0.4 is 0 Å². The summed E-state index contributed by atoms with van der Waals surface area (Å²) in [5, 5.41) is 20.0. The molecule has 1 atom stereocenters. The van der Waals surface area contributed by atoms with Gasteiger partial charge in [0.15, 0.2) is 0 Å². The van der Waals surface area contributed by atoms with E-state index in [1.807, 2.05) is 24.8 Å². The number of aliphatic hydroxyl groups excluding tert-OH is 2. The third-order valence-electron chi connectivity index (χ3n) is 2.51. The molecule has 14 heavy (non-hydrogen) atoms. The predicted octanol–water partition coefficient (Wildman–Crippen LogP) is 1.60. The van der Waals surface area contributed by atoms with Crippen molar-refractivity contribution in [2.45, 2.75) is 31.6 Å². The largest absolute Gasteiger partial charge is 0.390 e. The highest BCUT2D eigenvalue weighted by molar-refractivity contribution is 7.98. The highest BCUT2D eigenvalue weighted by Crippen LogP contribution is 2.32. The molecule has 0 spiro atoms. The van der Waals surface area contributed by atoms with Crippen LogP contribution in [0.4, 0.5) is 0 Å². The molecule has 1 aromatic heterocycles. The molecule has 0 amide bonds. The van der Waals surface area contributed by atoms with Gasteiger partial charge in [-0.1, -0.05) is 0 Å². The Labute approximate surface area is 88.8 Å². The minimum Gasteiger partial charge on any atom is -0.390 e. The number of aliphatic hydroxyl groups is 2. The maximum atomic E-state index is 9.62. The van der Waals surface area contributed by atoms with Crippen molar-refractivity contribution in [2.24, 2.45) is 7.05 Å². The lowest BCUT2D eigenvalue weighted by Gasteiger charge is -2.07. The second-order valence-electron chi connectivity index (χ2n) is 3.39. The Bertz CT molecular complexity index is 331. The number of nitrogens with zero attached hydrogens (tertiary/aromatic N) is 1. The van der Waals surface area contributed by atoms with E-state index in [2.05, 4.69) is 0 Å². The van der Waals surface area contributed by atoms with Gasteiger partial charge in [0, 0.05) is 12.6 Å². The second-order valence-corrected chi connectivity index (χ2v) is 4.18. The Balaban J connectivity index is 3.39. The number of rotatable bonds is 3. The zero-order valence-corrected chi connectivity index (χ0v) is 9.85. The van der Waals surface area contributed by atoms with Crippen molar-refractivity contribution < 1.29 is 10.2 Å². The fraction of sp³-hybridized carbons (Fsp3) is 0.600. The standard InChI is InChI=1S/C10H17NO2S/c1-6-9(7(2)13)8(5-12)11(3)10(6)14-4/h7,12-13H,5H2,1-4H3. The van der Waals surface area contributed by atoms with Crippen LogP contribution in [0.2, 0.25) is 0 Å². The molecule has 2 N–H and O–H groups in total. The molecule has 1 unspecified atom stereocenters. The molecule has 0 fully saturated rings. The van der Waals surface area contributed by atoms with Crippen LogP contribution in [-0.2, 0) is 13.7 Å². The van der Waals surface area contributed by atoms with Gasteiger partial charge in [-0.05, 0) is 25.7 Å². The van der Waals surface area contributed by atoms with Gasteiger partial charge in [-0.3, -0.25) is 0 Å². The Morgan fingerprint density at radius 1 is 1.50 bits per heavy atom. The van der Waals surface area contributed by atoms with Gasteiger partial charge in [0.25, 0.3) is 0 Å². The van der Waals surface area contributed by atoms with Gasteiger partial charge in [0.05, 0.1) is 23.4 Å². The molecule has 0 aliphatic carbocycles. The number of hydrogen-bond donors (Lipinski definition) is 2. The van der Waals surface area contributed by atoms with Crippen LogP contribution in [0.1, 0.15) is 29.8 Å². The molecule has 0 aliphatic rings. The average molecular weight is 215 g/mol. The second kappa shape index (κ2) is 4.38. The summed E-state index contributed by atoms with van der Waals surface area (Å²) >= 11 is 1.63. The molecular formula is C10H17NO2S. The smallest absolute Gasteiger partial charge is 0.0837 e. The van der Waals surface area contributed by atoms with E-state index in [9.17, 15) is 10.2 Å². The molecule has 0 saturated carbocycles. The van der Waals surface area contributed by atoms with E-state index in [-0.39, 0.29) is 6.61 Å². The molecule has 0 saturated heterocycles. The first-order chi connectivity index (χ1) is 6.54. The minimum atomic E-state index is -0.524. The van der Waals surface area contributed by atoms with Gasteiger partial charge in [-0.2, -0.15) is 0 Å². The molecule has 0 aliphatic heterocycles. The SMILES string of the molecule is CSc1c(C)c(C(C)O)c(CO)n1C. The van der Waals surface area contributed by atoms with Crippen molar-refractivity contribution in [3.05, 3.63) is 16.8 Å². The van der Waals surface area contributed by atoms with E-state index < -0.39 is 6.10 Å². The van der Waals surface area contributed by atoms with Crippen molar-refractivity contribution in [3.63, 3.8) is 0 Å². The van der Waals surface area contributed by atoms with Crippen LogP contribution in [0.15, 0.2) is 5.03 Å². The zero-order chi connectivity index (χ0) is 10.9. The quantitative estimate of drug-likeness (QED) is 0.753. The van der Waals surface area contributed by atoms with Crippen LogP contribution >= 0.6 is 11.8 Å². The summed E-state index contributed by atoms with van der Waals surface area (Å²) in [7, 11) is 1.91. The van der Waals surface area contributed by atoms with Gasteiger partial charge >= 0.3 is 0 Å². The molecule has 4 heteroatoms. The molecule has 80 valence electrons. The van der Waals surface area contributed by atoms with E-state index >= 15 is 0 Å². The summed E-state index contributed by atoms with van der Waals surface area (Å²) in [6, 6.07) is 0. The average Bonchev–Trinajstić information content (AvgIpc) is 2.37. The summed E-state index contributed by atoms with van der Waals surface area (Å²) < 4.78 is 1.95. The zero-order valence-electron chi connectivity index (χ0n) is 9.03. The monoisotopic (exact) mass is 215 g/mol. The van der Waals surface area contributed by atoms with Crippen molar-refractivity contribution in [1.29, 1.82) is 0 Å². The molecule has 1 aromatic rings. The van der Waals surface area contributed by atoms with E-state index in [1.165, 1.54) is 0 Å². The molecular weight excluding hydrogens is 198 g/mol. The van der Waals surface area contributed by atoms with Gasteiger partial charge in [-0.15, -0.1) is 11.8 Å². The molecule has 3 nitrogen and oxygen atoms in total. The summed E-state index contributed by atoms with van der Waals surface area (Å²) in [6.45, 7) is 3.68. The number of aromatic nitrogens is 1. The van der Waals surface area contributed by atoms with Crippen molar-refractivity contribution >= 4 is 11.8 Å². The van der Waals surface area contributed by atoms with Crippen LogP contribution in [0.5, 0.6) is 0 Å². The van der Waals surface area contributed by atoms with E-state index in [0.29, 0.717) is 0 Å². The first-order valence-corrected chi connectivity index (χ1v) is 5.78. The maximum Gasteiger partial charge on any atom is 0.0837 e. The molecule has 1 heterocycles. The molecule has 1 rings (SSSR count). The highest BCUT2D eigenvalue weighted by Gasteiger charge is 2.19. The summed E-state index contributed by atoms with van der Waals surface area (Å²) in [5.74, 6) is 0. The first kappa shape index (κ1) is 11.6. The van der Waals surface area contributed by atoms with E-state index in [4.69, 9.17) is 0 Å². The van der Waals surface area contributed by atoms with Gasteiger partial charge in [0.1, 0.15) is 0 Å². The van der Waals surface area contributed by atoms with Gasteiger partial charge in [-0.25, -0.2) is 0 Å². The minimum absolute atomic E-state index is 0.0296. The third-order valence-corrected chi connectivity index (χ3v) is 3.47. The summed E-state index contributed by atoms with van der Waals surface area (Å²) in [5.41, 5.74) is 2.74. The normalized spacial score (nSPS) is 13.3. The maximum absolute atomic E-state index is 9.62. The van der Waals surface area contributed by atoms with Crippen molar-refractivity contribution in [1.82, 2.24) is 4.57 Å². The van der Waals surface area contributed by atoms with Crippen LogP contribution in [-0.4, -0.2) is 21.0 Å². The first-order valence-electron chi connectivity index (χ1n) is 4.55. The lowest BCUT2D eigenvalue weighted by Crippen LogP contribution is -2.02. The van der Waals surface area contributed by atoms with Crippen LogP contribution in [0.25, 0.3) is 0 Å². The number of hydrogen-bond acceptors (Lipinski definition) is 3. The topological polar surface area (TPSA) is 45.4 Å².